The van der Waals surface area contributed by atoms with Crippen molar-refractivity contribution in [3.05, 3.63) is 28.2 Å². The quantitative estimate of drug-likeness (QED) is 0.672. The van der Waals surface area contributed by atoms with Crippen molar-refractivity contribution in [1.29, 1.82) is 0 Å². The number of aromatic nitrogens is 3. The van der Waals surface area contributed by atoms with Crippen LogP contribution in [0.2, 0.25) is 0 Å². The topological polar surface area (TPSA) is 117 Å². The number of aromatic amines is 1. The maximum absolute atomic E-state index is 12.3. The molecule has 2 heterocycles. The highest BCUT2D eigenvalue weighted by molar-refractivity contribution is 7.99. The van der Waals surface area contributed by atoms with Gasteiger partial charge in [0.15, 0.2) is 11.1 Å². The minimum atomic E-state index is -1.18. The van der Waals surface area contributed by atoms with Gasteiger partial charge in [-0.25, -0.2) is 9.50 Å². The molecule has 0 aliphatic heterocycles. The third kappa shape index (κ3) is 3.45. The van der Waals surface area contributed by atoms with Gasteiger partial charge in [0, 0.05) is 11.8 Å². The number of carbonyl (C=O) groups excluding carboxylic acids is 1. The van der Waals surface area contributed by atoms with E-state index in [1.54, 1.807) is 16.3 Å². The van der Waals surface area contributed by atoms with Crippen LogP contribution in [0.25, 0.3) is 5.65 Å². The smallest absolute Gasteiger partial charge is 0.322 e. The van der Waals surface area contributed by atoms with Crippen molar-refractivity contribution in [3.63, 3.8) is 0 Å². The number of thioether (sulfide) groups is 1. The number of nitrogens with zero attached hydrogens (tertiary/aromatic N) is 2. The molecule has 3 N–H and O–H groups in total. The van der Waals surface area contributed by atoms with Crippen LogP contribution in [-0.4, -0.2) is 43.9 Å². The number of rotatable bonds is 6. The van der Waals surface area contributed by atoms with E-state index < -0.39 is 23.9 Å². The van der Waals surface area contributed by atoms with Gasteiger partial charge in [0.25, 0.3) is 5.91 Å². The lowest BCUT2D eigenvalue weighted by Crippen LogP contribution is -2.33. The lowest BCUT2D eigenvalue weighted by atomic mass is 10.1. The van der Waals surface area contributed by atoms with Gasteiger partial charge in [0.05, 0.1) is 0 Å². The van der Waals surface area contributed by atoms with E-state index >= 15 is 0 Å². The SMILES string of the molecule is O=C(O)CNC(=O)c1c(=O)cc(SCC2CCCC2)n2[nH]cnc12. The Balaban J connectivity index is 1.87. The monoisotopic (exact) mass is 350 g/mol. The van der Waals surface area contributed by atoms with E-state index in [2.05, 4.69) is 15.4 Å². The first-order valence-corrected chi connectivity index (χ1v) is 8.76. The Bertz CT molecular complexity index is 822. The van der Waals surface area contributed by atoms with Gasteiger partial charge in [-0.2, -0.15) is 0 Å². The van der Waals surface area contributed by atoms with Crippen molar-refractivity contribution in [2.75, 3.05) is 12.3 Å². The second-order valence-corrected chi connectivity index (χ2v) is 6.85. The average molecular weight is 350 g/mol. The second-order valence-electron chi connectivity index (χ2n) is 5.81. The number of amides is 1. The van der Waals surface area contributed by atoms with E-state index in [0.717, 1.165) is 5.75 Å². The molecule has 3 rings (SSSR count). The Labute approximate surface area is 141 Å². The van der Waals surface area contributed by atoms with Crippen molar-refractivity contribution in [2.45, 2.75) is 30.7 Å². The molecule has 0 saturated heterocycles. The van der Waals surface area contributed by atoms with Crippen LogP contribution in [0, 0.1) is 5.92 Å². The summed E-state index contributed by atoms with van der Waals surface area (Å²) in [4.78, 5) is 39.1. The molecule has 1 aliphatic carbocycles. The molecule has 1 aliphatic rings. The number of pyridine rings is 1. The second kappa shape index (κ2) is 7.08. The summed E-state index contributed by atoms with van der Waals surface area (Å²) in [5.74, 6) is -0.336. The molecule has 0 atom stereocenters. The van der Waals surface area contributed by atoms with E-state index in [1.807, 2.05) is 0 Å². The van der Waals surface area contributed by atoms with Crippen LogP contribution in [0.5, 0.6) is 0 Å². The molecule has 1 amide bonds. The number of hydrogen-bond acceptors (Lipinski definition) is 5. The third-order valence-corrected chi connectivity index (χ3v) is 5.33. The molecule has 0 spiro atoms. The number of hydrogen-bond donors (Lipinski definition) is 3. The lowest BCUT2D eigenvalue weighted by molar-refractivity contribution is -0.135. The van der Waals surface area contributed by atoms with Crippen molar-refractivity contribution in [2.24, 2.45) is 5.92 Å². The fraction of sp³-hybridized carbons (Fsp3) is 0.467. The van der Waals surface area contributed by atoms with E-state index in [-0.39, 0.29) is 11.2 Å². The van der Waals surface area contributed by atoms with Gasteiger partial charge in [0.2, 0.25) is 0 Å². The molecular formula is C15H18N4O4S. The lowest BCUT2D eigenvalue weighted by Gasteiger charge is -2.10. The summed E-state index contributed by atoms with van der Waals surface area (Å²) in [6.45, 7) is -0.549. The predicted octanol–water partition coefficient (Wildman–Crippen LogP) is 1.12. The van der Waals surface area contributed by atoms with Crippen LogP contribution >= 0.6 is 11.8 Å². The van der Waals surface area contributed by atoms with Crippen molar-refractivity contribution in [1.82, 2.24) is 19.9 Å². The molecule has 9 heteroatoms. The largest absolute Gasteiger partial charge is 0.480 e. The summed E-state index contributed by atoms with van der Waals surface area (Å²) < 4.78 is 1.59. The van der Waals surface area contributed by atoms with Crippen LogP contribution in [0.3, 0.4) is 0 Å². The number of H-pyrrole nitrogens is 1. The highest BCUT2D eigenvalue weighted by Crippen LogP contribution is 2.30. The zero-order chi connectivity index (χ0) is 17.1. The van der Waals surface area contributed by atoms with E-state index in [4.69, 9.17) is 5.11 Å². The van der Waals surface area contributed by atoms with Crippen molar-refractivity contribution in [3.8, 4) is 0 Å². The molecular weight excluding hydrogens is 332 g/mol. The molecule has 0 bridgehead atoms. The van der Waals surface area contributed by atoms with E-state index in [1.165, 1.54) is 38.1 Å². The number of carbonyl (C=O) groups is 2. The number of nitrogens with one attached hydrogen (secondary N) is 2. The molecule has 0 radical (unpaired) electrons. The Kier molecular flexibility index (Phi) is 4.89. The number of aliphatic carboxylic acids is 1. The molecule has 2 aromatic rings. The highest BCUT2D eigenvalue weighted by atomic mass is 32.2. The Morgan fingerprint density at radius 1 is 1.42 bits per heavy atom. The first-order valence-electron chi connectivity index (χ1n) is 7.78. The van der Waals surface area contributed by atoms with E-state index in [9.17, 15) is 14.4 Å². The fourth-order valence-corrected chi connectivity index (χ4v) is 4.11. The molecule has 1 saturated carbocycles. The molecule has 0 unspecified atom stereocenters. The van der Waals surface area contributed by atoms with Crippen molar-refractivity contribution >= 4 is 29.3 Å². The summed E-state index contributed by atoms with van der Waals surface area (Å²) in [6, 6.07) is 1.40. The first kappa shape index (κ1) is 16.6. The Morgan fingerprint density at radius 3 is 2.88 bits per heavy atom. The van der Waals surface area contributed by atoms with Crippen LogP contribution in [-0.2, 0) is 4.79 Å². The molecule has 24 heavy (non-hydrogen) atoms. The highest BCUT2D eigenvalue weighted by Gasteiger charge is 2.21. The Morgan fingerprint density at radius 2 is 2.17 bits per heavy atom. The summed E-state index contributed by atoms with van der Waals surface area (Å²) in [7, 11) is 0. The number of carboxylic acid groups (broad SMARTS) is 1. The van der Waals surface area contributed by atoms with Gasteiger partial charge < -0.3 is 10.4 Å². The van der Waals surface area contributed by atoms with Gasteiger partial charge in [-0.1, -0.05) is 12.8 Å². The summed E-state index contributed by atoms with van der Waals surface area (Å²) in [5, 5.41) is 14.5. The Hall–Kier alpha value is -2.29. The van der Waals surface area contributed by atoms with Crippen LogP contribution in [0.4, 0.5) is 0 Å². The first-order chi connectivity index (χ1) is 11.6. The minimum Gasteiger partial charge on any atom is -0.480 e. The standard InChI is InChI=1S/C15H18N4O4S/c20-10-5-11(24-7-9-3-1-2-4-9)19-14(17-8-18-19)13(10)15(23)16-6-12(21)22/h5,8-9H,1-4,6-7H2,(H,16,23)(H,17,18)(H,21,22). The maximum atomic E-state index is 12.3. The van der Waals surface area contributed by atoms with Crippen LogP contribution in [0.15, 0.2) is 22.2 Å². The predicted molar refractivity (Wildman–Crippen MR) is 88.5 cm³/mol. The molecule has 1 fully saturated rings. The van der Waals surface area contributed by atoms with Gasteiger partial charge in [0.1, 0.15) is 23.5 Å². The summed E-state index contributed by atoms with van der Waals surface area (Å²) >= 11 is 1.57. The van der Waals surface area contributed by atoms with Gasteiger partial charge in [-0.05, 0) is 18.8 Å². The van der Waals surface area contributed by atoms with Gasteiger partial charge >= 0.3 is 5.97 Å². The molecule has 0 aromatic carbocycles. The third-order valence-electron chi connectivity index (χ3n) is 4.10. The molecule has 8 nitrogen and oxygen atoms in total. The maximum Gasteiger partial charge on any atom is 0.322 e. The number of fused-ring (bicyclic) bond motifs is 1. The zero-order valence-electron chi connectivity index (χ0n) is 12.9. The number of carboxylic acids is 1. The normalized spacial score (nSPS) is 15.0. The molecule has 128 valence electrons. The van der Waals surface area contributed by atoms with Gasteiger partial charge in [-0.15, -0.1) is 11.8 Å². The summed E-state index contributed by atoms with van der Waals surface area (Å²) in [6.07, 6.45) is 6.34. The van der Waals surface area contributed by atoms with Crippen LogP contribution in [0.1, 0.15) is 36.0 Å². The van der Waals surface area contributed by atoms with Gasteiger partial charge in [-0.3, -0.25) is 19.5 Å². The minimum absolute atomic E-state index is 0.150. The summed E-state index contributed by atoms with van der Waals surface area (Å²) in [5.41, 5.74) is -0.402. The van der Waals surface area contributed by atoms with E-state index in [0.29, 0.717) is 10.9 Å². The zero-order valence-corrected chi connectivity index (χ0v) is 13.8. The van der Waals surface area contributed by atoms with Crippen LogP contribution < -0.4 is 10.7 Å². The average Bonchev–Trinajstić information content (AvgIpc) is 3.21. The van der Waals surface area contributed by atoms with Crippen molar-refractivity contribution < 1.29 is 14.7 Å². The fourth-order valence-electron chi connectivity index (χ4n) is 2.91. The molecule has 2 aromatic heterocycles.